The second-order valence-electron chi connectivity index (χ2n) is 3.64. The minimum Gasteiger partial charge on any atom is -0.384 e. The van der Waals surface area contributed by atoms with Crippen molar-refractivity contribution in [2.75, 3.05) is 5.73 Å². The van der Waals surface area contributed by atoms with Crippen molar-refractivity contribution in [2.24, 2.45) is 5.92 Å². The van der Waals surface area contributed by atoms with Crippen LogP contribution in [0.15, 0.2) is 18.3 Å². The first-order valence-corrected chi connectivity index (χ1v) is 4.92. The van der Waals surface area contributed by atoms with Crippen LogP contribution in [0.5, 0.6) is 0 Å². The average Bonchev–Trinajstić information content (AvgIpc) is 2.14. The Morgan fingerprint density at radius 3 is 2.92 bits per heavy atom. The summed E-state index contributed by atoms with van der Waals surface area (Å²) in [5.41, 5.74) is 6.89. The van der Waals surface area contributed by atoms with E-state index in [1.165, 1.54) is 18.4 Å². The van der Waals surface area contributed by atoms with Gasteiger partial charge in [-0.2, -0.15) is 0 Å². The van der Waals surface area contributed by atoms with Gasteiger partial charge < -0.3 is 5.73 Å². The topological polar surface area (TPSA) is 38.9 Å². The summed E-state index contributed by atoms with van der Waals surface area (Å²) in [4.78, 5) is 3.96. The molecular weight excluding hydrogens is 160 g/mol. The van der Waals surface area contributed by atoms with Crippen molar-refractivity contribution in [3.05, 3.63) is 23.9 Å². The van der Waals surface area contributed by atoms with E-state index in [9.17, 15) is 0 Å². The van der Waals surface area contributed by atoms with Crippen LogP contribution in [0.3, 0.4) is 0 Å². The molecule has 0 aliphatic carbocycles. The first-order chi connectivity index (χ1) is 6.22. The molecule has 1 unspecified atom stereocenters. The van der Waals surface area contributed by atoms with Gasteiger partial charge in [0.25, 0.3) is 0 Å². The maximum Gasteiger partial charge on any atom is 0.123 e. The van der Waals surface area contributed by atoms with E-state index >= 15 is 0 Å². The minimum atomic E-state index is 0.627. The molecule has 0 amide bonds. The standard InChI is InChI=1S/C11H18N2/c1-3-9(2)4-5-10-6-7-13-11(12)8-10/h6-9H,3-5H2,1-2H3,(H2,12,13). The van der Waals surface area contributed by atoms with Gasteiger partial charge in [0.05, 0.1) is 0 Å². The van der Waals surface area contributed by atoms with E-state index in [2.05, 4.69) is 18.8 Å². The van der Waals surface area contributed by atoms with E-state index in [1.54, 1.807) is 6.20 Å². The molecule has 0 radical (unpaired) electrons. The van der Waals surface area contributed by atoms with Gasteiger partial charge in [0, 0.05) is 6.20 Å². The Kier molecular flexibility index (Phi) is 3.74. The second-order valence-corrected chi connectivity index (χ2v) is 3.64. The van der Waals surface area contributed by atoms with Gasteiger partial charge in [0.1, 0.15) is 5.82 Å². The maximum absolute atomic E-state index is 5.59. The van der Waals surface area contributed by atoms with Crippen molar-refractivity contribution < 1.29 is 0 Å². The molecule has 1 heterocycles. The summed E-state index contributed by atoms with van der Waals surface area (Å²) in [5, 5.41) is 0. The highest BCUT2D eigenvalue weighted by Gasteiger charge is 2.00. The molecule has 2 N–H and O–H groups in total. The van der Waals surface area contributed by atoms with Crippen molar-refractivity contribution in [3.63, 3.8) is 0 Å². The highest BCUT2D eigenvalue weighted by atomic mass is 14.8. The third-order valence-electron chi connectivity index (χ3n) is 2.47. The van der Waals surface area contributed by atoms with Gasteiger partial charge in [-0.3, -0.25) is 0 Å². The zero-order valence-corrected chi connectivity index (χ0v) is 8.46. The summed E-state index contributed by atoms with van der Waals surface area (Å²) in [7, 11) is 0. The number of nitrogen functional groups attached to an aromatic ring is 1. The zero-order valence-electron chi connectivity index (χ0n) is 8.46. The quantitative estimate of drug-likeness (QED) is 0.769. The molecule has 1 atom stereocenters. The smallest absolute Gasteiger partial charge is 0.123 e. The lowest BCUT2D eigenvalue weighted by atomic mass is 10.00. The van der Waals surface area contributed by atoms with Crippen LogP contribution >= 0.6 is 0 Å². The van der Waals surface area contributed by atoms with Gasteiger partial charge in [-0.25, -0.2) is 4.98 Å². The van der Waals surface area contributed by atoms with Crippen LogP contribution in [-0.4, -0.2) is 4.98 Å². The van der Waals surface area contributed by atoms with Crippen molar-refractivity contribution >= 4 is 5.82 Å². The number of rotatable bonds is 4. The van der Waals surface area contributed by atoms with Crippen LogP contribution < -0.4 is 5.73 Å². The van der Waals surface area contributed by atoms with Crippen LogP contribution in [0.4, 0.5) is 5.82 Å². The Labute approximate surface area is 80.2 Å². The van der Waals surface area contributed by atoms with Gasteiger partial charge in [-0.05, 0) is 36.5 Å². The Morgan fingerprint density at radius 1 is 1.54 bits per heavy atom. The van der Waals surface area contributed by atoms with Crippen LogP contribution in [0, 0.1) is 5.92 Å². The number of nitrogens with zero attached hydrogens (tertiary/aromatic N) is 1. The van der Waals surface area contributed by atoms with Gasteiger partial charge in [0.15, 0.2) is 0 Å². The van der Waals surface area contributed by atoms with Gasteiger partial charge in [-0.15, -0.1) is 0 Å². The van der Waals surface area contributed by atoms with Gasteiger partial charge in [-0.1, -0.05) is 20.3 Å². The normalized spacial score (nSPS) is 12.8. The number of anilines is 1. The Hall–Kier alpha value is -1.05. The third kappa shape index (κ3) is 3.45. The van der Waals surface area contributed by atoms with Crippen molar-refractivity contribution in [2.45, 2.75) is 33.1 Å². The molecule has 13 heavy (non-hydrogen) atoms. The minimum absolute atomic E-state index is 0.627. The largest absolute Gasteiger partial charge is 0.384 e. The van der Waals surface area contributed by atoms with E-state index < -0.39 is 0 Å². The fraction of sp³-hybridized carbons (Fsp3) is 0.545. The average molecular weight is 178 g/mol. The lowest BCUT2D eigenvalue weighted by Gasteiger charge is -2.07. The van der Waals surface area contributed by atoms with Crippen molar-refractivity contribution in [3.8, 4) is 0 Å². The Morgan fingerprint density at radius 2 is 2.31 bits per heavy atom. The summed E-state index contributed by atoms with van der Waals surface area (Å²) in [6.07, 6.45) is 5.38. The highest BCUT2D eigenvalue weighted by Crippen LogP contribution is 2.12. The van der Waals surface area contributed by atoms with Gasteiger partial charge >= 0.3 is 0 Å². The summed E-state index contributed by atoms with van der Waals surface area (Å²) in [6, 6.07) is 4.00. The lowest BCUT2D eigenvalue weighted by Crippen LogP contribution is -1.97. The summed E-state index contributed by atoms with van der Waals surface area (Å²) in [5.74, 6) is 1.43. The zero-order chi connectivity index (χ0) is 9.68. The third-order valence-corrected chi connectivity index (χ3v) is 2.47. The maximum atomic E-state index is 5.59. The van der Waals surface area contributed by atoms with Crippen LogP contribution in [0.25, 0.3) is 0 Å². The number of pyridine rings is 1. The van der Waals surface area contributed by atoms with Crippen molar-refractivity contribution in [1.82, 2.24) is 4.98 Å². The number of aromatic nitrogens is 1. The Bertz CT molecular complexity index is 258. The molecule has 0 aliphatic heterocycles. The highest BCUT2D eigenvalue weighted by molar-refractivity contribution is 5.31. The van der Waals surface area contributed by atoms with Crippen LogP contribution in [-0.2, 0) is 6.42 Å². The number of aryl methyl sites for hydroxylation is 1. The second kappa shape index (κ2) is 4.85. The monoisotopic (exact) mass is 178 g/mol. The fourth-order valence-electron chi connectivity index (χ4n) is 1.27. The molecule has 0 aromatic carbocycles. The molecule has 2 nitrogen and oxygen atoms in total. The molecule has 0 saturated heterocycles. The van der Waals surface area contributed by atoms with Crippen molar-refractivity contribution in [1.29, 1.82) is 0 Å². The van der Waals surface area contributed by atoms with Crippen LogP contribution in [0.2, 0.25) is 0 Å². The number of nitrogens with two attached hydrogens (primary N) is 1. The van der Waals surface area contributed by atoms with E-state index in [0.717, 1.165) is 12.3 Å². The molecule has 72 valence electrons. The fourth-order valence-corrected chi connectivity index (χ4v) is 1.27. The predicted octanol–water partition coefficient (Wildman–Crippen LogP) is 2.64. The van der Waals surface area contributed by atoms with E-state index in [4.69, 9.17) is 5.73 Å². The SMILES string of the molecule is CCC(C)CCc1ccnc(N)c1. The summed E-state index contributed by atoms with van der Waals surface area (Å²) >= 11 is 0. The first-order valence-electron chi connectivity index (χ1n) is 4.92. The molecular formula is C11H18N2. The molecule has 2 heteroatoms. The summed E-state index contributed by atoms with van der Waals surface area (Å²) < 4.78 is 0. The molecule has 0 fully saturated rings. The van der Waals surface area contributed by atoms with Crippen LogP contribution in [0.1, 0.15) is 32.3 Å². The predicted molar refractivity (Wildman–Crippen MR) is 56.4 cm³/mol. The Balaban J connectivity index is 2.45. The molecule has 1 aromatic heterocycles. The lowest BCUT2D eigenvalue weighted by molar-refractivity contribution is 0.516. The number of hydrogen-bond acceptors (Lipinski definition) is 2. The molecule has 0 bridgehead atoms. The number of hydrogen-bond donors (Lipinski definition) is 1. The molecule has 0 saturated carbocycles. The molecule has 1 aromatic rings. The summed E-state index contributed by atoms with van der Waals surface area (Å²) in [6.45, 7) is 4.51. The van der Waals surface area contributed by atoms with Gasteiger partial charge in [0.2, 0.25) is 0 Å². The molecule has 0 spiro atoms. The first kappa shape index (κ1) is 10.0. The van der Waals surface area contributed by atoms with E-state index in [1.807, 2.05) is 12.1 Å². The van der Waals surface area contributed by atoms with E-state index in [-0.39, 0.29) is 0 Å². The molecule has 0 aliphatic rings. The molecule has 1 rings (SSSR count). The van der Waals surface area contributed by atoms with E-state index in [0.29, 0.717) is 5.82 Å².